The van der Waals surface area contributed by atoms with Crippen molar-refractivity contribution in [3.05, 3.63) is 23.8 Å². The second-order valence-corrected chi connectivity index (χ2v) is 5.02. The van der Waals surface area contributed by atoms with Crippen LogP contribution in [0.1, 0.15) is 31.1 Å². The number of hydrogen-bond donors (Lipinski definition) is 3. The summed E-state index contributed by atoms with van der Waals surface area (Å²) >= 11 is 0. The minimum Gasteiger partial charge on any atom is -0.495 e. The summed E-state index contributed by atoms with van der Waals surface area (Å²) in [6, 6.07) is 4.53. The van der Waals surface area contributed by atoms with E-state index in [2.05, 4.69) is 5.32 Å². The molecule has 0 aliphatic rings. The predicted molar refractivity (Wildman–Crippen MR) is 74.5 cm³/mol. The lowest BCUT2D eigenvalue weighted by atomic mass is 10.1. The Bertz CT molecular complexity index is 509. The smallest absolute Gasteiger partial charge is 0.412 e. The SMILES string of the molecule is COc1ccc(C(=O)NN)cc1NC(=O)OC(C)(C)C. The van der Waals surface area contributed by atoms with Gasteiger partial charge in [-0.1, -0.05) is 0 Å². The van der Waals surface area contributed by atoms with Crippen molar-refractivity contribution in [3.63, 3.8) is 0 Å². The van der Waals surface area contributed by atoms with Crippen LogP contribution in [-0.2, 0) is 4.74 Å². The lowest BCUT2D eigenvalue weighted by molar-refractivity contribution is 0.0635. The third-order valence-electron chi connectivity index (χ3n) is 2.23. The number of carbonyl (C=O) groups excluding carboxylic acids is 2. The Kier molecular flexibility index (Phi) is 4.93. The molecule has 0 bridgehead atoms. The fourth-order valence-corrected chi connectivity index (χ4v) is 1.44. The number of carbonyl (C=O) groups is 2. The first kappa shape index (κ1) is 15.8. The molecule has 110 valence electrons. The monoisotopic (exact) mass is 281 g/mol. The zero-order valence-corrected chi connectivity index (χ0v) is 11.9. The molecule has 0 saturated heterocycles. The van der Waals surface area contributed by atoms with E-state index in [4.69, 9.17) is 15.3 Å². The Balaban J connectivity index is 2.97. The molecule has 20 heavy (non-hydrogen) atoms. The number of hydrazine groups is 1. The summed E-state index contributed by atoms with van der Waals surface area (Å²) in [4.78, 5) is 23.2. The first-order valence-corrected chi connectivity index (χ1v) is 5.96. The van der Waals surface area contributed by atoms with E-state index in [0.29, 0.717) is 17.0 Å². The molecule has 7 nitrogen and oxygen atoms in total. The van der Waals surface area contributed by atoms with Gasteiger partial charge in [-0.2, -0.15) is 0 Å². The highest BCUT2D eigenvalue weighted by Gasteiger charge is 2.18. The van der Waals surface area contributed by atoms with Gasteiger partial charge in [0.2, 0.25) is 0 Å². The van der Waals surface area contributed by atoms with Crippen molar-refractivity contribution >= 4 is 17.7 Å². The van der Waals surface area contributed by atoms with Crippen LogP contribution >= 0.6 is 0 Å². The van der Waals surface area contributed by atoms with E-state index in [-0.39, 0.29) is 0 Å². The highest BCUT2D eigenvalue weighted by atomic mass is 16.6. The summed E-state index contributed by atoms with van der Waals surface area (Å²) < 4.78 is 10.2. The number of anilines is 1. The normalized spacial score (nSPS) is 10.7. The van der Waals surface area contributed by atoms with E-state index in [1.807, 2.05) is 5.43 Å². The maximum atomic E-state index is 11.7. The van der Waals surface area contributed by atoms with Crippen LogP contribution in [0.2, 0.25) is 0 Å². The third kappa shape index (κ3) is 4.43. The minimum absolute atomic E-state index is 0.291. The molecule has 7 heteroatoms. The lowest BCUT2D eigenvalue weighted by Gasteiger charge is -2.20. The lowest BCUT2D eigenvalue weighted by Crippen LogP contribution is -2.30. The van der Waals surface area contributed by atoms with Gasteiger partial charge < -0.3 is 9.47 Å². The van der Waals surface area contributed by atoms with Gasteiger partial charge in [-0.05, 0) is 39.0 Å². The Hall–Kier alpha value is -2.28. The average Bonchev–Trinajstić information content (AvgIpc) is 2.35. The van der Waals surface area contributed by atoms with Gasteiger partial charge in [-0.15, -0.1) is 0 Å². The minimum atomic E-state index is -0.638. The average molecular weight is 281 g/mol. The maximum Gasteiger partial charge on any atom is 0.412 e. The number of nitrogens with two attached hydrogens (primary N) is 1. The quantitative estimate of drug-likeness (QED) is 0.444. The van der Waals surface area contributed by atoms with E-state index >= 15 is 0 Å². The van der Waals surface area contributed by atoms with Gasteiger partial charge in [0.1, 0.15) is 11.4 Å². The summed E-state index contributed by atoms with van der Waals surface area (Å²) in [5.74, 6) is 5.00. The molecule has 0 unspecified atom stereocenters. The fourth-order valence-electron chi connectivity index (χ4n) is 1.44. The molecule has 0 aliphatic heterocycles. The number of amides is 2. The van der Waals surface area contributed by atoms with Gasteiger partial charge in [-0.25, -0.2) is 10.6 Å². The van der Waals surface area contributed by atoms with Crippen LogP contribution in [0, 0.1) is 0 Å². The number of benzene rings is 1. The van der Waals surface area contributed by atoms with Crippen molar-refractivity contribution in [2.24, 2.45) is 5.84 Å². The molecule has 1 aromatic rings. The molecule has 0 aromatic heterocycles. The van der Waals surface area contributed by atoms with Crippen LogP contribution in [0.15, 0.2) is 18.2 Å². The van der Waals surface area contributed by atoms with Crippen molar-refractivity contribution < 1.29 is 19.1 Å². The van der Waals surface area contributed by atoms with Gasteiger partial charge in [0.15, 0.2) is 0 Å². The van der Waals surface area contributed by atoms with Gasteiger partial charge >= 0.3 is 6.09 Å². The fraction of sp³-hybridized carbons (Fsp3) is 0.385. The number of nitrogens with one attached hydrogen (secondary N) is 2. The molecule has 0 spiro atoms. The van der Waals surface area contributed by atoms with E-state index in [0.717, 1.165) is 0 Å². The summed E-state index contributed by atoms with van der Waals surface area (Å²) in [7, 11) is 1.46. The summed E-state index contributed by atoms with van der Waals surface area (Å²) in [6.07, 6.45) is -0.638. The van der Waals surface area contributed by atoms with E-state index < -0.39 is 17.6 Å². The first-order valence-electron chi connectivity index (χ1n) is 5.96. The Morgan fingerprint density at radius 1 is 1.25 bits per heavy atom. The Morgan fingerprint density at radius 2 is 1.90 bits per heavy atom. The summed E-state index contributed by atoms with van der Waals surface area (Å²) in [5.41, 5.74) is 2.01. The molecular weight excluding hydrogens is 262 g/mol. The number of ether oxygens (including phenoxy) is 2. The zero-order valence-electron chi connectivity index (χ0n) is 11.9. The standard InChI is InChI=1S/C13H19N3O4/c1-13(2,3)20-12(18)15-9-7-8(11(17)16-14)5-6-10(9)19-4/h5-7H,14H2,1-4H3,(H,15,18)(H,16,17). The third-order valence-corrected chi connectivity index (χ3v) is 2.23. The van der Waals surface area contributed by atoms with Gasteiger partial charge in [-0.3, -0.25) is 15.5 Å². The van der Waals surface area contributed by atoms with Gasteiger partial charge in [0, 0.05) is 5.56 Å². The summed E-state index contributed by atoms with van der Waals surface area (Å²) in [5, 5.41) is 2.53. The van der Waals surface area contributed by atoms with Crippen molar-refractivity contribution in [2.45, 2.75) is 26.4 Å². The molecule has 1 rings (SSSR count). The van der Waals surface area contributed by atoms with E-state index in [1.165, 1.54) is 19.2 Å². The second-order valence-electron chi connectivity index (χ2n) is 5.02. The van der Waals surface area contributed by atoms with Crippen LogP contribution in [0.5, 0.6) is 5.75 Å². The number of methoxy groups -OCH3 is 1. The van der Waals surface area contributed by atoms with Gasteiger partial charge in [0.25, 0.3) is 5.91 Å². The molecule has 2 amide bonds. The molecule has 0 aliphatic carbocycles. The van der Waals surface area contributed by atoms with Crippen molar-refractivity contribution in [2.75, 3.05) is 12.4 Å². The maximum absolute atomic E-state index is 11.7. The molecule has 0 fully saturated rings. The van der Waals surface area contributed by atoms with Crippen molar-refractivity contribution in [1.29, 1.82) is 0 Å². The number of nitrogen functional groups attached to an aromatic ring is 1. The number of hydrogen-bond acceptors (Lipinski definition) is 5. The molecule has 0 atom stereocenters. The van der Waals surface area contributed by atoms with Crippen molar-refractivity contribution in [1.82, 2.24) is 5.43 Å². The van der Waals surface area contributed by atoms with Crippen LogP contribution in [0.25, 0.3) is 0 Å². The topological polar surface area (TPSA) is 103 Å². The van der Waals surface area contributed by atoms with Crippen molar-refractivity contribution in [3.8, 4) is 5.75 Å². The van der Waals surface area contributed by atoms with Crippen LogP contribution in [-0.4, -0.2) is 24.7 Å². The zero-order chi connectivity index (χ0) is 15.3. The second kappa shape index (κ2) is 6.25. The van der Waals surface area contributed by atoms with E-state index in [9.17, 15) is 9.59 Å². The predicted octanol–water partition coefficient (Wildman–Crippen LogP) is 1.65. The highest BCUT2D eigenvalue weighted by molar-refractivity contribution is 5.96. The molecule has 0 radical (unpaired) electrons. The Morgan fingerprint density at radius 3 is 2.40 bits per heavy atom. The van der Waals surface area contributed by atoms with E-state index in [1.54, 1.807) is 26.8 Å². The van der Waals surface area contributed by atoms with Crippen LogP contribution in [0.4, 0.5) is 10.5 Å². The van der Waals surface area contributed by atoms with Crippen LogP contribution < -0.4 is 21.3 Å². The molecule has 0 saturated carbocycles. The highest BCUT2D eigenvalue weighted by Crippen LogP contribution is 2.26. The number of rotatable bonds is 3. The first-order chi connectivity index (χ1) is 9.26. The molecule has 4 N–H and O–H groups in total. The summed E-state index contributed by atoms with van der Waals surface area (Å²) in [6.45, 7) is 5.26. The molecule has 1 aromatic carbocycles. The molecular formula is C13H19N3O4. The largest absolute Gasteiger partial charge is 0.495 e. The van der Waals surface area contributed by atoms with Crippen LogP contribution in [0.3, 0.4) is 0 Å². The molecule has 0 heterocycles. The van der Waals surface area contributed by atoms with Gasteiger partial charge in [0.05, 0.1) is 12.8 Å². The Labute approximate surface area is 117 Å².